The molecule has 2 aromatic rings. The Morgan fingerprint density at radius 3 is 3.06 bits per heavy atom. The van der Waals surface area contributed by atoms with E-state index in [1.54, 1.807) is 0 Å². The number of H-pyrrole nitrogens is 1. The van der Waals surface area contributed by atoms with E-state index in [1.165, 1.54) is 36.0 Å². The smallest absolute Gasteiger partial charge is 0.0456 e. The molecule has 0 radical (unpaired) electrons. The zero-order chi connectivity index (χ0) is 11.0. The lowest BCUT2D eigenvalue weighted by molar-refractivity contribution is 0.577. The molecule has 2 nitrogen and oxygen atoms in total. The van der Waals surface area contributed by atoms with Gasteiger partial charge in [0.1, 0.15) is 0 Å². The second-order valence-electron chi connectivity index (χ2n) is 4.35. The Balaban J connectivity index is 1.95. The molecule has 3 heteroatoms. The van der Waals surface area contributed by atoms with Crippen LogP contribution in [0, 0.1) is 0 Å². The Hall–Kier alpha value is -0.930. The number of nitrogens with zero attached hydrogens (tertiary/aromatic N) is 1. The zero-order valence-electron chi connectivity index (χ0n) is 9.44. The molecule has 2 heterocycles. The van der Waals surface area contributed by atoms with Crippen LogP contribution in [0.1, 0.15) is 17.9 Å². The lowest BCUT2D eigenvalue weighted by Gasteiger charge is -2.11. The first kappa shape index (κ1) is 10.2. The number of aromatic amines is 1. The molecular weight excluding hydrogens is 216 g/mol. The van der Waals surface area contributed by atoms with E-state index in [2.05, 4.69) is 46.0 Å². The molecule has 1 aromatic heterocycles. The van der Waals surface area contributed by atoms with Gasteiger partial charge >= 0.3 is 0 Å². The molecule has 1 saturated heterocycles. The van der Waals surface area contributed by atoms with Gasteiger partial charge in [-0.3, -0.25) is 4.31 Å². The van der Waals surface area contributed by atoms with Gasteiger partial charge in [-0.05, 0) is 24.3 Å². The molecule has 1 fully saturated rings. The van der Waals surface area contributed by atoms with Gasteiger partial charge in [0.25, 0.3) is 0 Å². The van der Waals surface area contributed by atoms with Crippen LogP contribution in [0.4, 0.5) is 0 Å². The fraction of sp³-hybridized carbons (Fsp3) is 0.385. The molecule has 0 spiro atoms. The van der Waals surface area contributed by atoms with Gasteiger partial charge in [-0.1, -0.05) is 30.1 Å². The molecule has 1 aliphatic heterocycles. The predicted molar refractivity (Wildman–Crippen MR) is 70.7 cm³/mol. The van der Waals surface area contributed by atoms with Crippen molar-refractivity contribution < 1.29 is 0 Å². The van der Waals surface area contributed by atoms with E-state index in [1.807, 2.05) is 11.9 Å². The molecule has 3 rings (SSSR count). The number of benzene rings is 1. The van der Waals surface area contributed by atoms with Crippen molar-refractivity contribution in [3.8, 4) is 0 Å². The molecule has 0 saturated carbocycles. The number of hydrogen-bond donors (Lipinski definition) is 1. The molecule has 84 valence electrons. The maximum atomic E-state index is 3.37. The third-order valence-electron chi connectivity index (χ3n) is 3.47. The van der Waals surface area contributed by atoms with E-state index in [4.69, 9.17) is 0 Å². The normalized spacial score (nSPS) is 21.9. The van der Waals surface area contributed by atoms with E-state index in [0.717, 1.165) is 0 Å². The third kappa shape index (κ3) is 1.64. The van der Waals surface area contributed by atoms with Crippen molar-refractivity contribution in [3.05, 3.63) is 36.0 Å². The molecule has 0 bridgehead atoms. The van der Waals surface area contributed by atoms with Crippen molar-refractivity contribution in [2.45, 2.75) is 12.3 Å². The first-order valence-corrected chi connectivity index (χ1v) is 6.91. The summed E-state index contributed by atoms with van der Waals surface area (Å²) in [5, 5.41) is 1.40. The average molecular weight is 232 g/mol. The summed E-state index contributed by atoms with van der Waals surface area (Å²) >= 11 is 1.86. The minimum absolute atomic E-state index is 0.698. The molecule has 1 aromatic carbocycles. The fourth-order valence-electron chi connectivity index (χ4n) is 2.58. The van der Waals surface area contributed by atoms with E-state index < -0.39 is 0 Å². The second kappa shape index (κ2) is 4.15. The van der Waals surface area contributed by atoms with Crippen molar-refractivity contribution in [2.75, 3.05) is 19.3 Å². The van der Waals surface area contributed by atoms with Gasteiger partial charge in [0.05, 0.1) is 0 Å². The van der Waals surface area contributed by atoms with Crippen LogP contribution >= 0.6 is 11.9 Å². The van der Waals surface area contributed by atoms with Gasteiger partial charge in [-0.2, -0.15) is 0 Å². The quantitative estimate of drug-likeness (QED) is 0.802. The predicted octanol–water partition coefficient (Wildman–Crippen LogP) is 3.24. The topological polar surface area (TPSA) is 19.0 Å². The summed E-state index contributed by atoms with van der Waals surface area (Å²) in [6.07, 6.45) is 5.64. The van der Waals surface area contributed by atoms with Crippen LogP contribution in [0.15, 0.2) is 30.5 Å². The largest absolute Gasteiger partial charge is 0.361 e. The Bertz CT molecular complexity index is 491. The standard InChI is InChI=1S/C13H16N2S/c1-16-15-7-6-10(9-15)12-8-14-13-5-3-2-4-11(12)13/h2-5,8,10,14H,6-7,9H2,1H3. The van der Waals surface area contributed by atoms with Crippen molar-refractivity contribution in [3.63, 3.8) is 0 Å². The van der Waals surface area contributed by atoms with Gasteiger partial charge in [0.15, 0.2) is 0 Å². The Morgan fingerprint density at radius 1 is 1.38 bits per heavy atom. The van der Waals surface area contributed by atoms with Crippen LogP contribution in [0.3, 0.4) is 0 Å². The highest BCUT2D eigenvalue weighted by Crippen LogP contribution is 2.34. The van der Waals surface area contributed by atoms with Gasteiger partial charge in [-0.25, -0.2) is 0 Å². The van der Waals surface area contributed by atoms with Crippen LogP contribution in [0.2, 0.25) is 0 Å². The minimum atomic E-state index is 0.698. The van der Waals surface area contributed by atoms with Gasteiger partial charge in [0.2, 0.25) is 0 Å². The summed E-state index contributed by atoms with van der Waals surface area (Å²) in [5.41, 5.74) is 2.76. The van der Waals surface area contributed by atoms with E-state index in [9.17, 15) is 0 Å². The number of fused-ring (bicyclic) bond motifs is 1. The summed E-state index contributed by atoms with van der Waals surface area (Å²) < 4.78 is 2.45. The summed E-state index contributed by atoms with van der Waals surface area (Å²) in [6, 6.07) is 8.59. The van der Waals surface area contributed by atoms with Crippen LogP contribution in [-0.2, 0) is 0 Å². The maximum Gasteiger partial charge on any atom is 0.0456 e. The van der Waals surface area contributed by atoms with E-state index in [-0.39, 0.29) is 0 Å². The number of nitrogens with one attached hydrogen (secondary N) is 1. The molecular formula is C13H16N2S. The Morgan fingerprint density at radius 2 is 2.25 bits per heavy atom. The first-order chi connectivity index (χ1) is 7.88. The molecule has 0 aliphatic carbocycles. The minimum Gasteiger partial charge on any atom is -0.361 e. The zero-order valence-corrected chi connectivity index (χ0v) is 10.3. The van der Waals surface area contributed by atoms with Crippen molar-refractivity contribution in [2.24, 2.45) is 0 Å². The molecule has 1 N–H and O–H groups in total. The Kier molecular flexibility index (Phi) is 2.65. The molecule has 0 amide bonds. The highest BCUT2D eigenvalue weighted by atomic mass is 32.2. The van der Waals surface area contributed by atoms with Crippen LogP contribution in [-0.4, -0.2) is 28.6 Å². The van der Waals surface area contributed by atoms with Crippen molar-refractivity contribution >= 4 is 22.9 Å². The Labute approximate surface area is 100 Å². The van der Waals surface area contributed by atoms with Gasteiger partial charge < -0.3 is 4.98 Å². The van der Waals surface area contributed by atoms with Gasteiger partial charge in [0, 0.05) is 36.1 Å². The number of para-hydroxylation sites is 1. The lowest BCUT2D eigenvalue weighted by Crippen LogP contribution is -2.10. The van der Waals surface area contributed by atoms with Crippen LogP contribution in [0.5, 0.6) is 0 Å². The van der Waals surface area contributed by atoms with Crippen LogP contribution < -0.4 is 0 Å². The van der Waals surface area contributed by atoms with Crippen LogP contribution in [0.25, 0.3) is 10.9 Å². The number of aromatic nitrogens is 1. The molecule has 16 heavy (non-hydrogen) atoms. The lowest BCUT2D eigenvalue weighted by atomic mass is 9.98. The van der Waals surface area contributed by atoms with E-state index in [0.29, 0.717) is 5.92 Å². The third-order valence-corrected chi connectivity index (χ3v) is 4.32. The monoisotopic (exact) mass is 232 g/mol. The highest BCUT2D eigenvalue weighted by Gasteiger charge is 2.25. The van der Waals surface area contributed by atoms with Gasteiger partial charge in [-0.15, -0.1) is 0 Å². The highest BCUT2D eigenvalue weighted by molar-refractivity contribution is 7.96. The molecule has 1 aliphatic rings. The summed E-state index contributed by atoms with van der Waals surface area (Å²) in [5.74, 6) is 0.698. The number of rotatable bonds is 2. The number of hydrogen-bond acceptors (Lipinski definition) is 2. The average Bonchev–Trinajstić information content (AvgIpc) is 2.94. The fourth-order valence-corrected chi connectivity index (χ4v) is 3.20. The summed E-state index contributed by atoms with van der Waals surface area (Å²) in [7, 11) is 0. The van der Waals surface area contributed by atoms with Crippen molar-refractivity contribution in [1.82, 2.24) is 9.29 Å². The second-order valence-corrected chi connectivity index (χ2v) is 5.23. The van der Waals surface area contributed by atoms with Crippen molar-refractivity contribution in [1.29, 1.82) is 0 Å². The summed E-state index contributed by atoms with van der Waals surface area (Å²) in [4.78, 5) is 3.37. The maximum absolute atomic E-state index is 3.37. The summed E-state index contributed by atoms with van der Waals surface area (Å²) in [6.45, 7) is 2.40. The molecule has 1 unspecified atom stereocenters. The first-order valence-electron chi connectivity index (χ1n) is 5.73. The molecule has 1 atom stereocenters. The SMILES string of the molecule is CSN1CCC(c2c[nH]c3ccccc23)C1. The van der Waals surface area contributed by atoms with E-state index >= 15 is 0 Å².